The van der Waals surface area contributed by atoms with E-state index in [1.54, 1.807) is 36.5 Å². The standard InChI is InChI=1S/C21H15ClN2O2/c1-13-20(16-7-3-5-9-18(16)26-13)14-10-11-19(23-12-14)24-21(25)15-6-2-4-8-17(15)22/h2-12H,1H3,(H,23,24,25). The zero-order chi connectivity index (χ0) is 18.1. The molecule has 0 atom stereocenters. The molecule has 0 saturated heterocycles. The zero-order valence-corrected chi connectivity index (χ0v) is 14.7. The summed E-state index contributed by atoms with van der Waals surface area (Å²) in [5, 5.41) is 4.21. The van der Waals surface area contributed by atoms with Crippen LogP contribution in [0.1, 0.15) is 16.1 Å². The molecule has 128 valence electrons. The van der Waals surface area contributed by atoms with Crippen molar-refractivity contribution in [1.29, 1.82) is 0 Å². The van der Waals surface area contributed by atoms with Crippen LogP contribution in [0.5, 0.6) is 0 Å². The maximum atomic E-state index is 12.3. The number of carbonyl (C=O) groups excluding carboxylic acids is 1. The van der Waals surface area contributed by atoms with Crippen LogP contribution in [0.2, 0.25) is 5.02 Å². The first kappa shape index (κ1) is 16.4. The molecule has 0 bridgehead atoms. The van der Waals surface area contributed by atoms with Gasteiger partial charge >= 0.3 is 0 Å². The molecular weight excluding hydrogens is 348 g/mol. The molecule has 1 N–H and O–H groups in total. The van der Waals surface area contributed by atoms with Crippen LogP contribution >= 0.6 is 11.6 Å². The summed E-state index contributed by atoms with van der Waals surface area (Å²) in [6.45, 7) is 1.93. The number of para-hydroxylation sites is 1. The maximum Gasteiger partial charge on any atom is 0.258 e. The van der Waals surface area contributed by atoms with Gasteiger partial charge in [-0.3, -0.25) is 4.79 Å². The smallest absolute Gasteiger partial charge is 0.258 e. The zero-order valence-electron chi connectivity index (χ0n) is 14.0. The van der Waals surface area contributed by atoms with Crippen molar-refractivity contribution in [3.8, 4) is 11.1 Å². The third-order valence-corrected chi connectivity index (χ3v) is 4.51. The number of hydrogen-bond acceptors (Lipinski definition) is 3. The van der Waals surface area contributed by atoms with Crippen LogP contribution in [-0.2, 0) is 0 Å². The van der Waals surface area contributed by atoms with E-state index in [2.05, 4.69) is 10.3 Å². The van der Waals surface area contributed by atoms with Gasteiger partial charge in [0.2, 0.25) is 0 Å². The predicted molar refractivity (Wildman–Crippen MR) is 104 cm³/mol. The first-order valence-corrected chi connectivity index (χ1v) is 8.52. The number of aryl methyl sites for hydroxylation is 1. The minimum atomic E-state index is -0.291. The van der Waals surface area contributed by atoms with Gasteiger partial charge in [-0.2, -0.15) is 0 Å². The Hall–Kier alpha value is -3.11. The second-order valence-corrected chi connectivity index (χ2v) is 6.30. The molecule has 5 heteroatoms. The van der Waals surface area contributed by atoms with E-state index in [-0.39, 0.29) is 5.91 Å². The Morgan fingerprint density at radius 2 is 1.81 bits per heavy atom. The van der Waals surface area contributed by atoms with E-state index in [4.69, 9.17) is 16.0 Å². The summed E-state index contributed by atoms with van der Waals surface area (Å²) >= 11 is 6.06. The quantitative estimate of drug-likeness (QED) is 0.508. The van der Waals surface area contributed by atoms with E-state index in [1.165, 1.54) is 0 Å². The number of pyridine rings is 1. The van der Waals surface area contributed by atoms with Gasteiger partial charge in [0.1, 0.15) is 17.2 Å². The van der Waals surface area contributed by atoms with Crippen LogP contribution in [0.25, 0.3) is 22.1 Å². The number of fused-ring (bicyclic) bond motifs is 1. The highest BCUT2D eigenvalue weighted by atomic mass is 35.5. The largest absolute Gasteiger partial charge is 0.461 e. The van der Waals surface area contributed by atoms with Gasteiger partial charge in [-0.05, 0) is 37.3 Å². The van der Waals surface area contributed by atoms with Gasteiger partial charge in [0.25, 0.3) is 5.91 Å². The number of halogens is 1. The number of anilines is 1. The van der Waals surface area contributed by atoms with Crippen molar-refractivity contribution in [2.45, 2.75) is 6.92 Å². The molecule has 0 radical (unpaired) electrons. The summed E-state index contributed by atoms with van der Waals surface area (Å²) in [5.74, 6) is 1.01. The monoisotopic (exact) mass is 362 g/mol. The average molecular weight is 363 g/mol. The Kier molecular flexibility index (Phi) is 4.19. The fourth-order valence-corrected chi connectivity index (χ4v) is 3.19. The molecule has 26 heavy (non-hydrogen) atoms. The summed E-state index contributed by atoms with van der Waals surface area (Å²) in [6, 6.07) is 18.5. The fourth-order valence-electron chi connectivity index (χ4n) is 2.97. The summed E-state index contributed by atoms with van der Waals surface area (Å²) in [4.78, 5) is 16.7. The normalized spacial score (nSPS) is 10.8. The maximum absolute atomic E-state index is 12.3. The molecule has 2 aromatic carbocycles. The molecule has 4 aromatic rings. The molecule has 1 amide bonds. The van der Waals surface area contributed by atoms with E-state index >= 15 is 0 Å². The Labute approximate surface area is 155 Å². The Bertz CT molecular complexity index is 1100. The van der Waals surface area contributed by atoms with E-state index < -0.39 is 0 Å². The number of benzene rings is 2. The lowest BCUT2D eigenvalue weighted by molar-refractivity contribution is 0.102. The van der Waals surface area contributed by atoms with Crippen LogP contribution in [-0.4, -0.2) is 10.9 Å². The number of carbonyl (C=O) groups is 1. The van der Waals surface area contributed by atoms with Crippen molar-refractivity contribution in [2.75, 3.05) is 5.32 Å². The lowest BCUT2D eigenvalue weighted by atomic mass is 10.0. The number of amides is 1. The third-order valence-electron chi connectivity index (χ3n) is 4.18. The number of furan rings is 1. The van der Waals surface area contributed by atoms with E-state index in [9.17, 15) is 4.79 Å². The van der Waals surface area contributed by atoms with E-state index in [1.807, 2.05) is 37.3 Å². The number of rotatable bonds is 3. The van der Waals surface area contributed by atoms with Crippen LogP contribution in [0.15, 0.2) is 71.3 Å². The molecule has 2 heterocycles. The molecule has 2 aromatic heterocycles. The number of aromatic nitrogens is 1. The van der Waals surface area contributed by atoms with Gasteiger partial charge in [0.05, 0.1) is 10.6 Å². The fraction of sp³-hybridized carbons (Fsp3) is 0.0476. The molecular formula is C21H15ClN2O2. The first-order valence-electron chi connectivity index (χ1n) is 8.14. The highest BCUT2D eigenvalue weighted by Crippen LogP contribution is 2.34. The van der Waals surface area contributed by atoms with Crippen LogP contribution in [0.3, 0.4) is 0 Å². The summed E-state index contributed by atoms with van der Waals surface area (Å²) in [6.07, 6.45) is 1.73. The molecule has 0 unspecified atom stereocenters. The number of nitrogens with one attached hydrogen (secondary N) is 1. The van der Waals surface area contributed by atoms with Crippen molar-refractivity contribution in [1.82, 2.24) is 4.98 Å². The Balaban J connectivity index is 1.62. The number of nitrogens with zero attached hydrogens (tertiary/aromatic N) is 1. The van der Waals surface area contributed by atoms with Crippen LogP contribution in [0, 0.1) is 6.92 Å². The van der Waals surface area contributed by atoms with Gasteiger partial charge in [-0.1, -0.05) is 41.9 Å². The predicted octanol–water partition coefficient (Wildman–Crippen LogP) is 5.71. The highest BCUT2D eigenvalue weighted by Gasteiger charge is 2.14. The van der Waals surface area contributed by atoms with Gasteiger partial charge in [0.15, 0.2) is 0 Å². The summed E-state index contributed by atoms with van der Waals surface area (Å²) in [7, 11) is 0. The lowest BCUT2D eigenvalue weighted by Gasteiger charge is -2.07. The van der Waals surface area contributed by atoms with Gasteiger partial charge in [-0.15, -0.1) is 0 Å². The van der Waals surface area contributed by atoms with Crippen molar-refractivity contribution >= 4 is 34.3 Å². The SMILES string of the molecule is Cc1oc2ccccc2c1-c1ccc(NC(=O)c2ccccc2Cl)nc1. The van der Waals surface area contributed by atoms with Gasteiger partial charge in [0, 0.05) is 22.7 Å². The molecule has 0 spiro atoms. The molecule has 0 aliphatic rings. The molecule has 0 saturated carbocycles. The molecule has 0 aliphatic carbocycles. The van der Waals surface area contributed by atoms with Gasteiger partial charge < -0.3 is 9.73 Å². The molecule has 0 fully saturated rings. The Morgan fingerprint density at radius 1 is 1.04 bits per heavy atom. The topological polar surface area (TPSA) is 55.1 Å². The molecule has 4 nitrogen and oxygen atoms in total. The average Bonchev–Trinajstić information content (AvgIpc) is 2.98. The minimum Gasteiger partial charge on any atom is -0.461 e. The van der Waals surface area contributed by atoms with Crippen molar-refractivity contribution < 1.29 is 9.21 Å². The number of hydrogen-bond donors (Lipinski definition) is 1. The molecule has 0 aliphatic heterocycles. The minimum absolute atomic E-state index is 0.291. The third kappa shape index (κ3) is 2.95. The summed E-state index contributed by atoms with van der Waals surface area (Å²) in [5.41, 5.74) is 3.20. The van der Waals surface area contributed by atoms with Gasteiger partial charge in [-0.25, -0.2) is 4.98 Å². The van der Waals surface area contributed by atoms with E-state index in [0.717, 1.165) is 27.9 Å². The van der Waals surface area contributed by atoms with Crippen LogP contribution < -0.4 is 5.32 Å². The van der Waals surface area contributed by atoms with Crippen LogP contribution in [0.4, 0.5) is 5.82 Å². The Morgan fingerprint density at radius 3 is 2.58 bits per heavy atom. The molecule has 4 rings (SSSR count). The highest BCUT2D eigenvalue weighted by molar-refractivity contribution is 6.34. The second kappa shape index (κ2) is 6.65. The lowest BCUT2D eigenvalue weighted by Crippen LogP contribution is -2.13. The van der Waals surface area contributed by atoms with Crippen molar-refractivity contribution in [2.24, 2.45) is 0 Å². The van der Waals surface area contributed by atoms with Crippen molar-refractivity contribution in [3.63, 3.8) is 0 Å². The second-order valence-electron chi connectivity index (χ2n) is 5.90. The first-order chi connectivity index (χ1) is 12.6. The van der Waals surface area contributed by atoms with E-state index in [0.29, 0.717) is 16.4 Å². The summed E-state index contributed by atoms with van der Waals surface area (Å²) < 4.78 is 5.81. The van der Waals surface area contributed by atoms with Crippen molar-refractivity contribution in [3.05, 3.63) is 83.2 Å².